The van der Waals surface area contributed by atoms with E-state index in [4.69, 9.17) is 4.74 Å². The molecule has 0 bridgehead atoms. The zero-order chi connectivity index (χ0) is 74.6. The molecule has 12 aromatic carbocycles. The molecule has 0 amide bonds. The van der Waals surface area contributed by atoms with E-state index in [9.17, 15) is 0 Å². The molecule has 0 radical (unpaired) electrons. The van der Waals surface area contributed by atoms with E-state index in [1.807, 2.05) is 0 Å². The quantitative estimate of drug-likeness (QED) is 0.160. The molecule has 0 unspecified atom stereocenters. The molecule has 0 saturated carbocycles. The molecule has 2 aromatic heterocycles. The lowest BCUT2D eigenvalue weighted by Crippen LogP contribution is -2.65. The zero-order valence-electron chi connectivity index (χ0n) is 66.3. The Balaban J connectivity index is 1.08. The maximum atomic E-state index is 7.37. The Morgan fingerprint density at radius 2 is 0.689 bits per heavy atom. The smallest absolute Gasteiger partial charge is 0.247 e. The topological polar surface area (TPSA) is 22.3 Å². The molecule has 0 N–H and O–H groups in total. The van der Waals surface area contributed by atoms with Gasteiger partial charge in [0.15, 0.2) is 0 Å². The van der Waals surface area contributed by atoms with Gasteiger partial charge in [-0.1, -0.05) is 284 Å². The molecule has 0 aliphatic carbocycles. The third kappa shape index (κ3) is 10.9. The number of aromatic nitrogens is 2. The standard InChI is InChI=1S/C101H102BN3O/c1-94(2,3)64-36-44-84(73(53-64)61-29-23-22-24-30-61)105-89-51-62(63-49-69(99(16,17)18)52-70(50-63)100(19,20)21)35-42-83(89)102-82-43-41-71(103-85-45-37-65(95(4,5)6)54-74(85)75-55-66(96(7,8)9)38-46-86(75)103)58-80(82)101(78-31-25-27-33-91(78)106-92-34-28-26-32-79(92)101)81-59-72(60-90(105)93(81)102)104-87-47-39-67(97(10,11)12)56-76(87)77-57-68(98(13,14)15)40-48-88(77)104/h22-60H,1-21H3. The number of hydrogen-bond donors (Lipinski definition) is 0. The second kappa shape index (κ2) is 23.5. The number of ether oxygens (including phenoxy) is 1. The van der Waals surface area contributed by atoms with Gasteiger partial charge in [0.25, 0.3) is 0 Å². The van der Waals surface area contributed by atoms with Crippen molar-refractivity contribution in [3.05, 3.63) is 298 Å². The van der Waals surface area contributed by atoms with E-state index in [-0.39, 0.29) is 44.6 Å². The van der Waals surface area contributed by atoms with Crippen LogP contribution in [0.3, 0.4) is 0 Å². The number of rotatable bonds is 5. The number of nitrogens with zero attached hydrogens (tertiary/aromatic N) is 3. The van der Waals surface area contributed by atoms with Crippen molar-refractivity contribution in [1.82, 2.24) is 9.13 Å². The Bertz CT molecular complexity index is 5760. The lowest BCUT2D eigenvalue weighted by molar-refractivity contribution is 0.435. The number of hydrogen-bond acceptors (Lipinski definition) is 2. The number of para-hydroxylation sites is 2. The Morgan fingerprint density at radius 1 is 0.274 bits per heavy atom. The lowest BCUT2D eigenvalue weighted by Gasteiger charge is -2.50. The molecule has 3 aliphatic rings. The molecule has 17 rings (SSSR count). The summed E-state index contributed by atoms with van der Waals surface area (Å²) in [5.41, 5.74) is 31.3. The lowest BCUT2D eigenvalue weighted by atomic mass is 9.29. The highest BCUT2D eigenvalue weighted by Gasteiger charge is 2.55. The van der Waals surface area contributed by atoms with Gasteiger partial charge in [-0.2, -0.15) is 0 Å². The van der Waals surface area contributed by atoms with Crippen molar-refractivity contribution in [3.8, 4) is 45.1 Å². The Morgan fingerprint density at radius 3 is 1.16 bits per heavy atom. The van der Waals surface area contributed by atoms with Crippen molar-refractivity contribution >= 4 is 83.8 Å². The second-order valence-corrected chi connectivity index (χ2v) is 38.3. The van der Waals surface area contributed by atoms with Gasteiger partial charge in [-0.25, -0.2) is 0 Å². The Kier molecular flexibility index (Phi) is 15.3. The second-order valence-electron chi connectivity index (χ2n) is 38.3. The van der Waals surface area contributed by atoms with Crippen molar-refractivity contribution in [2.24, 2.45) is 0 Å². The Hall–Kier alpha value is -10.1. The minimum atomic E-state index is -0.958. The normalized spacial score (nSPS) is 14.4. The molecule has 0 saturated heterocycles. The van der Waals surface area contributed by atoms with Crippen molar-refractivity contribution in [2.45, 2.75) is 189 Å². The van der Waals surface area contributed by atoms with Crippen LogP contribution in [0.5, 0.6) is 11.5 Å². The Labute approximate surface area is 630 Å². The highest BCUT2D eigenvalue weighted by Crippen LogP contribution is 2.59. The van der Waals surface area contributed by atoms with E-state index >= 15 is 0 Å². The predicted molar refractivity (Wildman–Crippen MR) is 455 cm³/mol. The van der Waals surface area contributed by atoms with E-state index in [2.05, 4.69) is 396 Å². The molecule has 4 nitrogen and oxygen atoms in total. The summed E-state index contributed by atoms with van der Waals surface area (Å²) < 4.78 is 12.6. The van der Waals surface area contributed by atoms with Gasteiger partial charge in [0.1, 0.15) is 11.5 Å². The van der Waals surface area contributed by atoms with Crippen LogP contribution in [0.4, 0.5) is 17.1 Å². The molecule has 14 aromatic rings. The summed E-state index contributed by atoms with van der Waals surface area (Å²) in [6, 6.07) is 93.5. The van der Waals surface area contributed by atoms with Crippen molar-refractivity contribution in [3.63, 3.8) is 0 Å². The van der Waals surface area contributed by atoms with Crippen LogP contribution in [0, 0.1) is 0 Å². The molecule has 0 fully saturated rings. The molecule has 530 valence electrons. The van der Waals surface area contributed by atoms with Crippen LogP contribution in [0.25, 0.3) is 77.2 Å². The summed E-state index contributed by atoms with van der Waals surface area (Å²) in [5, 5.41) is 5.04. The highest BCUT2D eigenvalue weighted by atomic mass is 16.5. The fourth-order valence-corrected chi connectivity index (χ4v) is 17.7. The summed E-state index contributed by atoms with van der Waals surface area (Å²) in [6.07, 6.45) is 0. The van der Waals surface area contributed by atoms with Gasteiger partial charge in [0.2, 0.25) is 6.71 Å². The molecule has 1 spiro atoms. The van der Waals surface area contributed by atoms with Gasteiger partial charge in [-0.05, 0) is 219 Å². The average Bonchev–Trinajstić information content (AvgIpc) is 0.692. The summed E-state index contributed by atoms with van der Waals surface area (Å²) in [4.78, 5) is 2.72. The van der Waals surface area contributed by atoms with Gasteiger partial charge in [-0.3, -0.25) is 0 Å². The van der Waals surface area contributed by atoms with E-state index in [1.54, 1.807) is 0 Å². The summed E-state index contributed by atoms with van der Waals surface area (Å²) >= 11 is 0. The van der Waals surface area contributed by atoms with E-state index in [0.717, 1.165) is 51.1 Å². The highest BCUT2D eigenvalue weighted by molar-refractivity contribution is 6.99. The fraction of sp³-hybridized carbons (Fsp3) is 0.287. The first-order chi connectivity index (χ1) is 50.0. The summed E-state index contributed by atoms with van der Waals surface area (Å²) in [6.45, 7) is 49.0. The molecule has 3 aliphatic heterocycles. The molecular weight excluding hydrogens is 1280 g/mol. The molecular formula is C101H102BN3O. The molecule has 106 heavy (non-hydrogen) atoms. The largest absolute Gasteiger partial charge is 0.457 e. The zero-order valence-corrected chi connectivity index (χ0v) is 66.3. The van der Waals surface area contributed by atoms with Gasteiger partial charge in [0, 0.05) is 61.0 Å². The van der Waals surface area contributed by atoms with Crippen molar-refractivity contribution in [1.29, 1.82) is 0 Å². The third-order valence-electron chi connectivity index (χ3n) is 23.9. The fourth-order valence-electron chi connectivity index (χ4n) is 17.7. The van der Waals surface area contributed by atoms with Crippen LogP contribution in [0.15, 0.2) is 237 Å². The minimum Gasteiger partial charge on any atom is -0.457 e. The molecule has 5 heteroatoms. The van der Waals surface area contributed by atoms with Crippen LogP contribution in [-0.2, 0) is 43.3 Å². The number of benzene rings is 12. The first-order valence-electron chi connectivity index (χ1n) is 38.7. The monoisotopic (exact) mass is 1380 g/mol. The SMILES string of the molecule is CC(C)(C)c1cc(-c2ccc3c(c2)N(c2ccc(C(C)(C)C)cc2-c2ccccc2)c2cc(-n4c5ccc(C(C)(C)C)cc5c5cc(C(C)(C)C)ccc54)cc4c2B3c2ccc(-n3c5ccc(C(C)(C)C)cc5c5cc(C(C)(C)C)ccc53)cc2C42c3ccccc3Oc3ccccc32)cc(C(C)(C)C)c1. The van der Waals surface area contributed by atoms with Gasteiger partial charge in [-0.15, -0.1) is 0 Å². The van der Waals surface area contributed by atoms with Crippen LogP contribution in [-0.4, -0.2) is 15.8 Å². The third-order valence-corrected chi connectivity index (χ3v) is 23.9. The molecule has 5 heterocycles. The van der Waals surface area contributed by atoms with Crippen LogP contribution < -0.4 is 26.0 Å². The summed E-state index contributed by atoms with van der Waals surface area (Å²) in [5.74, 6) is 1.71. The number of anilines is 3. The van der Waals surface area contributed by atoms with E-state index in [1.165, 1.54) is 132 Å². The maximum Gasteiger partial charge on any atom is 0.247 e. The predicted octanol–water partition coefficient (Wildman–Crippen LogP) is 25.4. The molecule has 0 atom stereocenters. The van der Waals surface area contributed by atoms with Gasteiger partial charge < -0.3 is 18.8 Å². The van der Waals surface area contributed by atoms with Gasteiger partial charge >= 0.3 is 0 Å². The summed E-state index contributed by atoms with van der Waals surface area (Å²) in [7, 11) is 0. The van der Waals surface area contributed by atoms with Crippen LogP contribution >= 0.6 is 0 Å². The first-order valence-corrected chi connectivity index (χ1v) is 38.7. The van der Waals surface area contributed by atoms with Crippen molar-refractivity contribution < 1.29 is 4.74 Å². The van der Waals surface area contributed by atoms with Crippen molar-refractivity contribution in [2.75, 3.05) is 4.90 Å². The van der Waals surface area contributed by atoms with E-state index in [0.29, 0.717) is 0 Å². The maximum absolute atomic E-state index is 7.37. The number of fused-ring (bicyclic) bond motifs is 16. The van der Waals surface area contributed by atoms with Crippen LogP contribution in [0.1, 0.15) is 207 Å². The first kappa shape index (κ1) is 69.0. The van der Waals surface area contributed by atoms with Crippen LogP contribution in [0.2, 0.25) is 0 Å². The van der Waals surface area contributed by atoms with E-state index < -0.39 is 5.41 Å². The van der Waals surface area contributed by atoms with Gasteiger partial charge in [0.05, 0.1) is 33.2 Å². The average molecular weight is 1380 g/mol. The minimum absolute atomic E-state index is 0.0567.